The van der Waals surface area contributed by atoms with Crippen molar-refractivity contribution in [1.82, 2.24) is 4.98 Å². The van der Waals surface area contributed by atoms with Crippen LogP contribution in [0.25, 0.3) is 11.3 Å². The summed E-state index contributed by atoms with van der Waals surface area (Å²) in [6.07, 6.45) is 6.54. The zero-order valence-corrected chi connectivity index (χ0v) is 17.6. The van der Waals surface area contributed by atoms with Crippen molar-refractivity contribution in [2.75, 3.05) is 11.9 Å². The number of hydrogen-bond donors (Lipinski definition) is 1. The smallest absolute Gasteiger partial charge is 0.264 e. The summed E-state index contributed by atoms with van der Waals surface area (Å²) < 4.78 is 5.64. The summed E-state index contributed by atoms with van der Waals surface area (Å²) in [5.41, 5.74) is 3.14. The normalized spacial score (nSPS) is 14.5. The summed E-state index contributed by atoms with van der Waals surface area (Å²) in [6, 6.07) is 15.6. The highest BCUT2D eigenvalue weighted by Crippen LogP contribution is 2.33. The molecule has 29 heavy (non-hydrogen) atoms. The van der Waals surface area contributed by atoms with E-state index in [1.54, 1.807) is 0 Å². The van der Waals surface area contributed by atoms with Gasteiger partial charge in [-0.1, -0.05) is 55.1 Å². The lowest BCUT2D eigenvalue weighted by Crippen LogP contribution is -2.20. The fourth-order valence-corrected chi connectivity index (χ4v) is 4.52. The minimum absolute atomic E-state index is 0.0430. The summed E-state index contributed by atoms with van der Waals surface area (Å²) in [5.74, 6) is 1.15. The number of halogens is 1. The van der Waals surface area contributed by atoms with E-state index >= 15 is 0 Å². The van der Waals surface area contributed by atoms with E-state index in [2.05, 4.69) is 22.4 Å². The molecule has 1 fully saturated rings. The molecule has 1 saturated carbocycles. The van der Waals surface area contributed by atoms with Gasteiger partial charge >= 0.3 is 0 Å². The van der Waals surface area contributed by atoms with Crippen LogP contribution in [0.4, 0.5) is 5.13 Å². The molecule has 0 saturated heterocycles. The molecule has 4 rings (SSSR count). The number of nitrogens with zero attached hydrogens (tertiary/aromatic N) is 1. The Kier molecular flexibility index (Phi) is 6.47. The Labute approximate surface area is 179 Å². The fraction of sp³-hybridized carbons (Fsp3) is 0.304. The minimum atomic E-state index is -0.224. The number of hydrogen-bond acceptors (Lipinski definition) is 4. The molecule has 1 N–H and O–H groups in total. The number of amides is 1. The SMILES string of the molecule is O=C(COc1ccc(C2CCCCC2)cc1)Nc1nc(-c2ccc(Cl)cc2)cs1. The van der Waals surface area contributed by atoms with Crippen molar-refractivity contribution in [1.29, 1.82) is 0 Å². The van der Waals surface area contributed by atoms with Crippen LogP contribution >= 0.6 is 22.9 Å². The Morgan fingerprint density at radius 1 is 1.07 bits per heavy atom. The first-order valence-corrected chi connectivity index (χ1v) is 11.2. The van der Waals surface area contributed by atoms with Crippen molar-refractivity contribution in [3.63, 3.8) is 0 Å². The van der Waals surface area contributed by atoms with E-state index in [1.165, 1.54) is 49.0 Å². The Morgan fingerprint density at radius 2 is 1.79 bits per heavy atom. The maximum Gasteiger partial charge on any atom is 0.264 e. The van der Waals surface area contributed by atoms with Crippen LogP contribution in [0, 0.1) is 0 Å². The Hall–Kier alpha value is -2.37. The minimum Gasteiger partial charge on any atom is -0.484 e. The monoisotopic (exact) mass is 426 g/mol. The number of ether oxygens (including phenoxy) is 1. The van der Waals surface area contributed by atoms with E-state index in [-0.39, 0.29) is 12.5 Å². The van der Waals surface area contributed by atoms with Gasteiger partial charge in [-0.2, -0.15) is 0 Å². The van der Waals surface area contributed by atoms with E-state index in [4.69, 9.17) is 16.3 Å². The Balaban J connectivity index is 1.28. The quantitative estimate of drug-likeness (QED) is 0.487. The van der Waals surface area contributed by atoms with Gasteiger partial charge < -0.3 is 4.74 Å². The van der Waals surface area contributed by atoms with Crippen LogP contribution in [0.15, 0.2) is 53.9 Å². The number of benzene rings is 2. The highest BCUT2D eigenvalue weighted by atomic mass is 35.5. The molecule has 1 heterocycles. The van der Waals surface area contributed by atoms with Crippen LogP contribution in [-0.4, -0.2) is 17.5 Å². The summed E-state index contributed by atoms with van der Waals surface area (Å²) in [5, 5.41) is 5.93. The second-order valence-corrected chi connectivity index (χ2v) is 8.58. The van der Waals surface area contributed by atoms with Crippen molar-refractivity contribution < 1.29 is 9.53 Å². The molecule has 0 bridgehead atoms. The summed E-state index contributed by atoms with van der Waals surface area (Å²) in [7, 11) is 0. The van der Waals surface area contributed by atoms with Crippen LogP contribution in [0.3, 0.4) is 0 Å². The van der Waals surface area contributed by atoms with Crippen molar-refractivity contribution in [3.05, 3.63) is 64.5 Å². The van der Waals surface area contributed by atoms with Crippen molar-refractivity contribution in [2.24, 2.45) is 0 Å². The average Bonchev–Trinajstić information content (AvgIpc) is 3.22. The lowest BCUT2D eigenvalue weighted by atomic mass is 9.84. The van der Waals surface area contributed by atoms with E-state index in [1.807, 2.05) is 41.8 Å². The second kappa shape index (κ2) is 9.42. The van der Waals surface area contributed by atoms with Gasteiger partial charge in [-0.15, -0.1) is 11.3 Å². The maximum atomic E-state index is 12.2. The van der Waals surface area contributed by atoms with Crippen LogP contribution in [0.1, 0.15) is 43.6 Å². The molecule has 0 aliphatic heterocycles. The van der Waals surface area contributed by atoms with Crippen LogP contribution in [0.5, 0.6) is 5.75 Å². The predicted octanol–water partition coefficient (Wildman–Crippen LogP) is 6.53. The number of anilines is 1. The molecule has 1 aromatic heterocycles. The number of rotatable bonds is 6. The number of nitrogens with one attached hydrogen (secondary N) is 1. The third-order valence-corrected chi connectivity index (χ3v) is 6.23. The first kappa shape index (κ1) is 19.9. The molecule has 0 atom stereocenters. The summed E-state index contributed by atoms with van der Waals surface area (Å²) in [6.45, 7) is -0.0430. The second-order valence-electron chi connectivity index (χ2n) is 7.29. The van der Waals surface area contributed by atoms with Crippen LogP contribution in [0.2, 0.25) is 5.02 Å². The van der Waals surface area contributed by atoms with E-state index in [9.17, 15) is 4.79 Å². The van der Waals surface area contributed by atoms with Crippen molar-refractivity contribution in [3.8, 4) is 17.0 Å². The zero-order chi connectivity index (χ0) is 20.1. The Morgan fingerprint density at radius 3 is 2.52 bits per heavy atom. The molecule has 3 aromatic rings. The van der Waals surface area contributed by atoms with Gasteiger partial charge in [0.1, 0.15) is 5.75 Å². The number of thiazole rings is 1. The maximum absolute atomic E-state index is 12.2. The molecule has 2 aromatic carbocycles. The van der Waals surface area contributed by atoms with Gasteiger partial charge in [0.25, 0.3) is 5.91 Å². The zero-order valence-electron chi connectivity index (χ0n) is 16.1. The van der Waals surface area contributed by atoms with Crippen LogP contribution < -0.4 is 10.1 Å². The van der Waals surface area contributed by atoms with Gasteiger partial charge in [0.05, 0.1) is 5.69 Å². The summed E-state index contributed by atoms with van der Waals surface area (Å²) in [4.78, 5) is 16.7. The molecule has 1 amide bonds. The lowest BCUT2D eigenvalue weighted by molar-refractivity contribution is -0.118. The largest absolute Gasteiger partial charge is 0.484 e. The van der Waals surface area contributed by atoms with E-state index in [0.717, 1.165) is 11.3 Å². The average molecular weight is 427 g/mol. The molecule has 4 nitrogen and oxygen atoms in total. The molecule has 1 aliphatic rings. The first-order valence-electron chi connectivity index (χ1n) is 9.91. The van der Waals surface area contributed by atoms with Gasteiger partial charge in [0.15, 0.2) is 11.7 Å². The van der Waals surface area contributed by atoms with Crippen molar-refractivity contribution >= 4 is 34.0 Å². The van der Waals surface area contributed by atoms with Gasteiger partial charge in [0.2, 0.25) is 0 Å². The third kappa shape index (κ3) is 5.37. The number of carbonyl (C=O) groups is 1. The topological polar surface area (TPSA) is 51.2 Å². The predicted molar refractivity (Wildman–Crippen MR) is 119 cm³/mol. The number of aromatic nitrogens is 1. The lowest BCUT2D eigenvalue weighted by Gasteiger charge is -2.22. The van der Waals surface area contributed by atoms with Gasteiger partial charge in [-0.3, -0.25) is 10.1 Å². The molecular weight excluding hydrogens is 404 g/mol. The molecule has 0 radical (unpaired) electrons. The Bertz CT molecular complexity index is 948. The number of carbonyl (C=O) groups excluding carboxylic acids is 1. The fourth-order valence-electron chi connectivity index (χ4n) is 3.66. The molecule has 0 unspecified atom stereocenters. The third-order valence-electron chi connectivity index (χ3n) is 5.22. The highest BCUT2D eigenvalue weighted by molar-refractivity contribution is 7.14. The highest BCUT2D eigenvalue weighted by Gasteiger charge is 2.15. The molecule has 150 valence electrons. The van der Waals surface area contributed by atoms with Gasteiger partial charge in [-0.25, -0.2) is 4.98 Å². The van der Waals surface area contributed by atoms with Gasteiger partial charge in [-0.05, 0) is 48.6 Å². The van der Waals surface area contributed by atoms with Crippen molar-refractivity contribution in [2.45, 2.75) is 38.0 Å². The molecular formula is C23H23ClN2O2S. The summed E-state index contributed by atoms with van der Waals surface area (Å²) >= 11 is 7.30. The first-order chi connectivity index (χ1) is 14.2. The molecule has 1 aliphatic carbocycles. The van der Waals surface area contributed by atoms with E-state index in [0.29, 0.717) is 21.8 Å². The molecule has 0 spiro atoms. The van der Waals surface area contributed by atoms with E-state index < -0.39 is 0 Å². The van der Waals surface area contributed by atoms with Crippen LogP contribution in [-0.2, 0) is 4.79 Å². The van der Waals surface area contributed by atoms with Gasteiger partial charge in [0, 0.05) is 16.0 Å². The molecule has 6 heteroatoms. The standard InChI is InChI=1S/C23H23ClN2O2S/c24-19-10-6-18(7-11-19)21-15-29-23(25-21)26-22(27)14-28-20-12-8-17(9-13-20)16-4-2-1-3-5-16/h6-13,15-16H,1-5,14H2,(H,25,26,27).